The first-order valence-corrected chi connectivity index (χ1v) is 11.6. The van der Waals surface area contributed by atoms with Gasteiger partial charge in [0.05, 0.1) is 0 Å². The number of hydrogen-bond acceptors (Lipinski definition) is 2. The Morgan fingerprint density at radius 2 is 1.48 bits per heavy atom. The van der Waals surface area contributed by atoms with Crippen LogP contribution in [0.15, 0.2) is 60.7 Å². The first-order valence-electron chi connectivity index (χ1n) is 11.6. The molecule has 0 N–H and O–H groups in total. The maximum absolute atomic E-state index is 2.66. The predicted molar refractivity (Wildman–Crippen MR) is 136 cm³/mol. The van der Waals surface area contributed by atoms with Crippen LogP contribution in [-0.4, -0.2) is 42.5 Å². The lowest BCUT2D eigenvalue weighted by molar-refractivity contribution is 0.231. The van der Waals surface area contributed by atoms with Crippen molar-refractivity contribution in [1.29, 1.82) is 0 Å². The van der Waals surface area contributed by atoms with Gasteiger partial charge in [-0.3, -0.25) is 4.90 Å². The molecule has 0 spiro atoms. The van der Waals surface area contributed by atoms with Crippen LogP contribution in [0.4, 0.5) is 0 Å². The van der Waals surface area contributed by atoms with Gasteiger partial charge in [0.2, 0.25) is 0 Å². The number of rotatable bonds is 6. The molecule has 0 radical (unpaired) electrons. The molecule has 2 nitrogen and oxygen atoms in total. The average molecular weight is 460 g/mol. The van der Waals surface area contributed by atoms with Crippen LogP contribution in [0, 0.1) is 11.8 Å². The third kappa shape index (κ3) is 5.93. The van der Waals surface area contributed by atoms with Crippen molar-refractivity contribution in [2.45, 2.75) is 38.6 Å². The second kappa shape index (κ2) is 11.5. The van der Waals surface area contributed by atoms with E-state index in [4.69, 9.17) is 0 Å². The van der Waals surface area contributed by atoms with E-state index < -0.39 is 0 Å². The highest BCUT2D eigenvalue weighted by Crippen LogP contribution is 2.43. The molecule has 2 heterocycles. The zero-order chi connectivity index (χ0) is 19.5. The third-order valence-electron chi connectivity index (χ3n) is 7.26. The molecule has 31 heavy (non-hydrogen) atoms. The number of hydrogen-bond donors (Lipinski definition) is 0. The summed E-state index contributed by atoms with van der Waals surface area (Å²) in [5.41, 5.74) is 6.00. The van der Waals surface area contributed by atoms with E-state index in [2.05, 4.69) is 70.5 Å². The van der Waals surface area contributed by atoms with Gasteiger partial charge in [-0.15, -0.1) is 24.8 Å². The van der Waals surface area contributed by atoms with Crippen LogP contribution in [0.5, 0.6) is 0 Å². The normalized spacial score (nSPS) is 23.5. The van der Waals surface area contributed by atoms with Crippen molar-refractivity contribution >= 4 is 30.4 Å². The quantitative estimate of drug-likeness (QED) is 0.516. The fraction of sp³-hybridized carbons (Fsp3) is 0.481. The van der Waals surface area contributed by atoms with Crippen LogP contribution in [0.1, 0.15) is 42.4 Å². The SMILES string of the molecule is C1=C(c2ccc(CCN3CCCCC3)cc2)C2CN(Cc3ccccc3)CC2C1.Cl.Cl. The minimum Gasteiger partial charge on any atom is -0.303 e. The smallest absolute Gasteiger partial charge is 0.0234 e. The Bertz CT molecular complexity index is 828. The van der Waals surface area contributed by atoms with E-state index in [0.717, 1.165) is 18.4 Å². The molecule has 1 aliphatic carbocycles. The molecule has 2 aromatic carbocycles. The lowest BCUT2D eigenvalue weighted by Crippen LogP contribution is -2.31. The van der Waals surface area contributed by atoms with Crippen molar-refractivity contribution in [2.75, 3.05) is 32.7 Å². The summed E-state index contributed by atoms with van der Waals surface area (Å²) in [6, 6.07) is 20.5. The van der Waals surface area contributed by atoms with E-state index in [-0.39, 0.29) is 24.8 Å². The number of benzene rings is 2. The first kappa shape index (κ1) is 24.3. The molecule has 2 aliphatic heterocycles. The van der Waals surface area contributed by atoms with Gasteiger partial charge in [0.1, 0.15) is 0 Å². The zero-order valence-electron chi connectivity index (χ0n) is 18.4. The summed E-state index contributed by atoms with van der Waals surface area (Å²) in [5, 5.41) is 0. The predicted octanol–water partition coefficient (Wildman–Crippen LogP) is 6.09. The Hall–Kier alpha value is -1.32. The summed E-state index contributed by atoms with van der Waals surface area (Å²) in [4.78, 5) is 5.30. The van der Waals surface area contributed by atoms with Gasteiger partial charge in [-0.1, -0.05) is 67.1 Å². The fourth-order valence-electron chi connectivity index (χ4n) is 5.62. The fourth-order valence-corrected chi connectivity index (χ4v) is 5.62. The van der Waals surface area contributed by atoms with E-state index in [0.29, 0.717) is 0 Å². The van der Waals surface area contributed by atoms with Crippen LogP contribution >= 0.6 is 24.8 Å². The molecule has 4 heteroatoms. The van der Waals surface area contributed by atoms with E-state index >= 15 is 0 Å². The van der Waals surface area contributed by atoms with Crippen LogP contribution in [0.2, 0.25) is 0 Å². The molecule has 2 unspecified atom stereocenters. The Balaban J connectivity index is 0.00000136. The lowest BCUT2D eigenvalue weighted by atomic mass is 9.90. The second-order valence-electron chi connectivity index (χ2n) is 9.29. The van der Waals surface area contributed by atoms with E-state index in [9.17, 15) is 0 Å². The summed E-state index contributed by atoms with van der Waals surface area (Å²) in [5.74, 6) is 1.53. The van der Waals surface area contributed by atoms with Gasteiger partial charge in [0.15, 0.2) is 0 Å². The highest BCUT2D eigenvalue weighted by molar-refractivity contribution is 5.85. The summed E-state index contributed by atoms with van der Waals surface area (Å²) in [7, 11) is 0. The van der Waals surface area contributed by atoms with E-state index in [1.54, 1.807) is 5.57 Å². The van der Waals surface area contributed by atoms with Crippen molar-refractivity contribution in [2.24, 2.45) is 11.8 Å². The standard InChI is InChI=1S/C27H34N2.2ClH/c1-3-7-23(8-4-1)19-29-20-25-13-14-26(27(25)21-29)24-11-9-22(10-12-24)15-18-28-16-5-2-6-17-28;;/h1,3-4,7-12,14,25,27H,2,5-6,13,15-21H2;2*1H. The molecular weight excluding hydrogens is 423 g/mol. The molecule has 0 aromatic heterocycles. The minimum atomic E-state index is 0. The Morgan fingerprint density at radius 1 is 0.742 bits per heavy atom. The van der Waals surface area contributed by atoms with Gasteiger partial charge in [-0.25, -0.2) is 0 Å². The van der Waals surface area contributed by atoms with Crippen LogP contribution in [0.3, 0.4) is 0 Å². The molecule has 0 bridgehead atoms. The van der Waals surface area contributed by atoms with E-state index in [1.165, 1.54) is 81.5 Å². The topological polar surface area (TPSA) is 6.48 Å². The number of piperidine rings is 1. The van der Waals surface area contributed by atoms with Crippen molar-refractivity contribution in [3.05, 3.63) is 77.4 Å². The summed E-state index contributed by atoms with van der Waals surface area (Å²) < 4.78 is 0. The molecule has 2 fully saturated rings. The lowest BCUT2D eigenvalue weighted by Gasteiger charge is -2.26. The molecule has 2 saturated heterocycles. The molecular formula is C27H36Cl2N2. The van der Waals surface area contributed by atoms with Gasteiger partial charge in [0, 0.05) is 32.1 Å². The van der Waals surface area contributed by atoms with Gasteiger partial charge in [0.25, 0.3) is 0 Å². The van der Waals surface area contributed by atoms with Gasteiger partial charge in [-0.05, 0) is 67.0 Å². The van der Waals surface area contributed by atoms with Crippen molar-refractivity contribution in [1.82, 2.24) is 9.80 Å². The van der Waals surface area contributed by atoms with Gasteiger partial charge in [-0.2, -0.15) is 0 Å². The zero-order valence-corrected chi connectivity index (χ0v) is 20.1. The largest absolute Gasteiger partial charge is 0.303 e. The molecule has 168 valence electrons. The summed E-state index contributed by atoms with van der Waals surface area (Å²) in [6.45, 7) is 7.37. The highest BCUT2D eigenvalue weighted by Gasteiger charge is 2.38. The first-order chi connectivity index (χ1) is 14.3. The Kier molecular flexibility index (Phi) is 9.04. The summed E-state index contributed by atoms with van der Waals surface area (Å²) >= 11 is 0. The van der Waals surface area contributed by atoms with Crippen LogP contribution < -0.4 is 0 Å². The maximum atomic E-state index is 2.66. The number of halogens is 2. The number of likely N-dealkylation sites (tertiary alicyclic amines) is 2. The molecule has 2 aromatic rings. The highest BCUT2D eigenvalue weighted by atomic mass is 35.5. The number of allylic oxidation sites excluding steroid dienone is 1. The van der Waals surface area contributed by atoms with Gasteiger partial charge < -0.3 is 4.90 Å². The molecule has 0 amide bonds. The third-order valence-corrected chi connectivity index (χ3v) is 7.26. The van der Waals surface area contributed by atoms with E-state index in [1.807, 2.05) is 0 Å². The number of fused-ring (bicyclic) bond motifs is 1. The minimum absolute atomic E-state index is 0. The number of nitrogens with zero attached hydrogens (tertiary/aromatic N) is 2. The Morgan fingerprint density at radius 3 is 2.23 bits per heavy atom. The molecule has 0 saturated carbocycles. The Labute approximate surface area is 200 Å². The second-order valence-corrected chi connectivity index (χ2v) is 9.29. The van der Waals surface area contributed by atoms with Crippen molar-refractivity contribution in [3.8, 4) is 0 Å². The molecule has 5 rings (SSSR count). The monoisotopic (exact) mass is 458 g/mol. The van der Waals surface area contributed by atoms with Crippen molar-refractivity contribution in [3.63, 3.8) is 0 Å². The summed E-state index contributed by atoms with van der Waals surface area (Å²) in [6.07, 6.45) is 9.16. The van der Waals surface area contributed by atoms with Crippen molar-refractivity contribution < 1.29 is 0 Å². The molecule has 2 atom stereocenters. The maximum Gasteiger partial charge on any atom is 0.0234 e. The van der Waals surface area contributed by atoms with Gasteiger partial charge >= 0.3 is 0 Å². The average Bonchev–Trinajstić information content (AvgIpc) is 3.34. The molecule has 3 aliphatic rings. The van der Waals surface area contributed by atoms with Crippen LogP contribution in [-0.2, 0) is 13.0 Å². The van der Waals surface area contributed by atoms with Crippen LogP contribution in [0.25, 0.3) is 5.57 Å².